The molecular weight excluding hydrogens is 236 g/mol. The first-order valence-electron chi connectivity index (χ1n) is 5.39. The van der Waals surface area contributed by atoms with E-state index in [4.69, 9.17) is 9.63 Å². The molecule has 0 bridgehead atoms. The van der Waals surface area contributed by atoms with E-state index < -0.39 is 0 Å². The Kier molecular flexibility index (Phi) is 3.68. The Morgan fingerprint density at radius 1 is 1.29 bits per heavy atom. The predicted octanol–water partition coefficient (Wildman–Crippen LogP) is 3.19. The number of aromatic nitrogens is 2. The molecule has 1 aromatic carbocycles. The number of aromatic hydroxyl groups is 1. The minimum absolute atomic E-state index is 0.272. The summed E-state index contributed by atoms with van der Waals surface area (Å²) in [5, 5.41) is 13.1. The van der Waals surface area contributed by atoms with Gasteiger partial charge in [-0.2, -0.15) is 4.98 Å². The van der Waals surface area contributed by atoms with Crippen molar-refractivity contribution in [2.24, 2.45) is 0 Å². The molecule has 0 radical (unpaired) electrons. The molecule has 0 amide bonds. The summed E-state index contributed by atoms with van der Waals surface area (Å²) in [6, 6.07) is 7.05. The second kappa shape index (κ2) is 5.23. The highest BCUT2D eigenvalue weighted by Gasteiger charge is 2.09. The Morgan fingerprint density at radius 3 is 2.59 bits per heavy atom. The molecule has 4 nitrogen and oxygen atoms in total. The van der Waals surface area contributed by atoms with Crippen LogP contribution in [0.4, 0.5) is 0 Å². The molecule has 90 valence electrons. The maximum Gasteiger partial charge on any atom is 0.237 e. The van der Waals surface area contributed by atoms with Crippen LogP contribution in [-0.4, -0.2) is 15.2 Å². The van der Waals surface area contributed by atoms with E-state index >= 15 is 0 Å². The van der Waals surface area contributed by atoms with Crippen LogP contribution in [0.2, 0.25) is 0 Å². The summed E-state index contributed by atoms with van der Waals surface area (Å²) >= 11 is 1.60. The van der Waals surface area contributed by atoms with Gasteiger partial charge in [0.05, 0.1) is 5.75 Å². The normalized spacial score (nSPS) is 11.0. The van der Waals surface area contributed by atoms with Gasteiger partial charge in [0.1, 0.15) is 5.75 Å². The monoisotopic (exact) mass is 250 g/mol. The topological polar surface area (TPSA) is 59.2 Å². The van der Waals surface area contributed by atoms with E-state index in [0.29, 0.717) is 11.6 Å². The Morgan fingerprint density at radius 2 is 2.00 bits per heavy atom. The van der Waals surface area contributed by atoms with Crippen molar-refractivity contribution in [1.29, 1.82) is 0 Å². The molecule has 0 saturated heterocycles. The molecule has 0 fully saturated rings. The lowest BCUT2D eigenvalue weighted by molar-refractivity contribution is 0.383. The smallest absolute Gasteiger partial charge is 0.237 e. The van der Waals surface area contributed by atoms with E-state index in [-0.39, 0.29) is 11.7 Å². The molecule has 0 unspecified atom stereocenters. The summed E-state index contributed by atoms with van der Waals surface area (Å²) in [6.45, 7) is 4.06. The van der Waals surface area contributed by atoms with Crippen molar-refractivity contribution in [2.75, 3.05) is 0 Å². The van der Waals surface area contributed by atoms with Gasteiger partial charge in [0, 0.05) is 10.8 Å². The van der Waals surface area contributed by atoms with Crippen molar-refractivity contribution in [3.8, 4) is 5.75 Å². The van der Waals surface area contributed by atoms with Crippen LogP contribution in [0.3, 0.4) is 0 Å². The van der Waals surface area contributed by atoms with Crippen LogP contribution < -0.4 is 0 Å². The molecular formula is C12H14N2O2S. The lowest BCUT2D eigenvalue weighted by atomic mass is 10.2. The van der Waals surface area contributed by atoms with Crippen molar-refractivity contribution < 1.29 is 9.63 Å². The number of phenolic OH excluding ortho intramolecular Hbond substituents is 1. The van der Waals surface area contributed by atoms with Gasteiger partial charge in [0.15, 0.2) is 5.82 Å². The second-order valence-electron chi connectivity index (χ2n) is 3.98. The Bertz CT molecular complexity index is 480. The molecule has 0 aliphatic heterocycles. The first-order chi connectivity index (χ1) is 8.15. The predicted molar refractivity (Wildman–Crippen MR) is 66.1 cm³/mol. The minimum atomic E-state index is 0.272. The standard InChI is InChI=1S/C12H14N2O2S/c1-8(2)12-13-11(16-14-12)7-17-10-5-3-9(15)4-6-10/h3-6,8,15H,7H2,1-2H3. The number of thioether (sulfide) groups is 1. The van der Waals surface area contributed by atoms with Crippen LogP contribution in [0.5, 0.6) is 5.75 Å². The first-order valence-corrected chi connectivity index (χ1v) is 6.38. The number of nitrogens with zero attached hydrogens (tertiary/aromatic N) is 2. The lowest BCUT2D eigenvalue weighted by Gasteiger charge is -1.98. The molecule has 5 heteroatoms. The van der Waals surface area contributed by atoms with Crippen molar-refractivity contribution in [1.82, 2.24) is 10.1 Å². The Labute approximate surface area is 104 Å². The van der Waals surface area contributed by atoms with Gasteiger partial charge in [0.2, 0.25) is 5.89 Å². The fraction of sp³-hybridized carbons (Fsp3) is 0.333. The third kappa shape index (κ3) is 3.23. The largest absolute Gasteiger partial charge is 0.508 e. The molecule has 0 aliphatic carbocycles. The average molecular weight is 250 g/mol. The van der Waals surface area contributed by atoms with Gasteiger partial charge in [-0.15, -0.1) is 11.8 Å². The highest BCUT2D eigenvalue weighted by atomic mass is 32.2. The average Bonchev–Trinajstić information content (AvgIpc) is 2.77. The second-order valence-corrected chi connectivity index (χ2v) is 5.03. The number of hydrogen-bond donors (Lipinski definition) is 1. The zero-order chi connectivity index (χ0) is 12.3. The first kappa shape index (κ1) is 12.0. The highest BCUT2D eigenvalue weighted by molar-refractivity contribution is 7.98. The molecule has 1 aromatic heterocycles. The van der Waals surface area contributed by atoms with Crippen LogP contribution in [0.1, 0.15) is 31.5 Å². The van der Waals surface area contributed by atoms with Gasteiger partial charge < -0.3 is 9.63 Å². The van der Waals surface area contributed by atoms with Crippen LogP contribution in [-0.2, 0) is 5.75 Å². The van der Waals surface area contributed by atoms with Gasteiger partial charge in [-0.1, -0.05) is 19.0 Å². The summed E-state index contributed by atoms with van der Waals surface area (Å²) < 4.78 is 5.14. The molecule has 0 aliphatic rings. The summed E-state index contributed by atoms with van der Waals surface area (Å²) in [6.07, 6.45) is 0. The summed E-state index contributed by atoms with van der Waals surface area (Å²) in [7, 11) is 0. The van der Waals surface area contributed by atoms with Crippen molar-refractivity contribution in [2.45, 2.75) is 30.4 Å². The summed E-state index contributed by atoms with van der Waals surface area (Å²) in [4.78, 5) is 5.36. The molecule has 0 atom stereocenters. The van der Waals surface area contributed by atoms with E-state index in [1.54, 1.807) is 23.9 Å². The van der Waals surface area contributed by atoms with E-state index in [1.165, 1.54) is 0 Å². The number of phenols is 1. The van der Waals surface area contributed by atoms with Crippen LogP contribution >= 0.6 is 11.8 Å². The third-order valence-electron chi connectivity index (χ3n) is 2.20. The van der Waals surface area contributed by atoms with Gasteiger partial charge in [-0.25, -0.2) is 0 Å². The fourth-order valence-corrected chi connectivity index (χ4v) is 1.98. The summed E-state index contributed by atoms with van der Waals surface area (Å²) in [5.41, 5.74) is 0. The van der Waals surface area contributed by atoms with E-state index in [1.807, 2.05) is 26.0 Å². The highest BCUT2D eigenvalue weighted by Crippen LogP contribution is 2.24. The van der Waals surface area contributed by atoms with E-state index in [0.717, 1.165) is 10.7 Å². The molecule has 0 saturated carbocycles. The number of hydrogen-bond acceptors (Lipinski definition) is 5. The van der Waals surface area contributed by atoms with Gasteiger partial charge >= 0.3 is 0 Å². The zero-order valence-electron chi connectivity index (χ0n) is 9.75. The molecule has 1 heterocycles. The molecule has 2 rings (SSSR count). The van der Waals surface area contributed by atoms with E-state index in [9.17, 15) is 0 Å². The van der Waals surface area contributed by atoms with Crippen molar-refractivity contribution >= 4 is 11.8 Å². The lowest BCUT2D eigenvalue weighted by Crippen LogP contribution is -1.90. The van der Waals surface area contributed by atoms with Crippen LogP contribution in [0.25, 0.3) is 0 Å². The maximum absolute atomic E-state index is 9.16. The maximum atomic E-state index is 9.16. The molecule has 2 aromatic rings. The fourth-order valence-electron chi connectivity index (χ4n) is 1.25. The van der Waals surface area contributed by atoms with Crippen LogP contribution in [0.15, 0.2) is 33.7 Å². The van der Waals surface area contributed by atoms with Gasteiger partial charge in [0.25, 0.3) is 0 Å². The van der Waals surface area contributed by atoms with Gasteiger partial charge in [-0.3, -0.25) is 0 Å². The van der Waals surface area contributed by atoms with Crippen LogP contribution in [0, 0.1) is 0 Å². The molecule has 0 spiro atoms. The molecule has 17 heavy (non-hydrogen) atoms. The van der Waals surface area contributed by atoms with Crippen molar-refractivity contribution in [3.63, 3.8) is 0 Å². The third-order valence-corrected chi connectivity index (χ3v) is 3.20. The number of rotatable bonds is 4. The molecule has 1 N–H and O–H groups in total. The van der Waals surface area contributed by atoms with Gasteiger partial charge in [-0.05, 0) is 24.3 Å². The quantitative estimate of drug-likeness (QED) is 0.844. The SMILES string of the molecule is CC(C)c1noc(CSc2ccc(O)cc2)n1. The van der Waals surface area contributed by atoms with Crippen molar-refractivity contribution in [3.05, 3.63) is 36.0 Å². The zero-order valence-corrected chi connectivity index (χ0v) is 10.6. The number of benzene rings is 1. The Balaban J connectivity index is 1.95. The summed E-state index contributed by atoms with van der Waals surface area (Å²) in [5.74, 6) is 2.57. The minimum Gasteiger partial charge on any atom is -0.508 e. The van der Waals surface area contributed by atoms with E-state index in [2.05, 4.69) is 10.1 Å². The Hall–Kier alpha value is -1.49.